The quantitative estimate of drug-likeness (QED) is 0.925. The van der Waals surface area contributed by atoms with Gasteiger partial charge in [-0.05, 0) is 23.3 Å². The van der Waals surface area contributed by atoms with Crippen molar-refractivity contribution in [3.63, 3.8) is 0 Å². The van der Waals surface area contributed by atoms with Crippen molar-refractivity contribution >= 4 is 11.9 Å². The summed E-state index contributed by atoms with van der Waals surface area (Å²) < 4.78 is 10.6. The highest BCUT2D eigenvalue weighted by atomic mass is 16.5. The van der Waals surface area contributed by atoms with Gasteiger partial charge in [0.1, 0.15) is 17.1 Å². The van der Waals surface area contributed by atoms with Crippen LogP contribution in [-0.4, -0.2) is 42.6 Å². The molecule has 1 amide bonds. The van der Waals surface area contributed by atoms with Gasteiger partial charge < -0.3 is 19.5 Å². The number of aliphatic carboxylic acids is 1. The van der Waals surface area contributed by atoms with Crippen LogP contribution in [-0.2, 0) is 11.3 Å². The molecule has 1 N–H and O–H groups in total. The fourth-order valence-electron chi connectivity index (χ4n) is 3.19. The van der Waals surface area contributed by atoms with E-state index < -0.39 is 11.9 Å². The van der Waals surface area contributed by atoms with Crippen molar-refractivity contribution in [3.05, 3.63) is 59.2 Å². The number of hydrogen-bond donors (Lipinski definition) is 1. The van der Waals surface area contributed by atoms with Crippen molar-refractivity contribution in [2.24, 2.45) is 0 Å². The predicted octanol–water partition coefficient (Wildman–Crippen LogP) is 2.53. The van der Waals surface area contributed by atoms with Crippen LogP contribution in [0.15, 0.2) is 42.5 Å². The van der Waals surface area contributed by atoms with Gasteiger partial charge in [0, 0.05) is 13.1 Å². The molecular weight excluding hydrogens is 322 g/mol. The molecule has 1 aliphatic heterocycles. The van der Waals surface area contributed by atoms with E-state index in [2.05, 4.69) is 0 Å². The molecular formula is C19H19NO5. The molecule has 1 aliphatic rings. The predicted molar refractivity (Wildman–Crippen MR) is 91.1 cm³/mol. The molecule has 130 valence electrons. The van der Waals surface area contributed by atoms with Gasteiger partial charge in [-0.15, -0.1) is 0 Å². The topological polar surface area (TPSA) is 76.1 Å². The Morgan fingerprint density at radius 3 is 2.28 bits per heavy atom. The maximum Gasteiger partial charge on any atom is 0.312 e. The lowest BCUT2D eigenvalue weighted by Crippen LogP contribution is -2.40. The smallest absolute Gasteiger partial charge is 0.312 e. The van der Waals surface area contributed by atoms with Gasteiger partial charge in [0.25, 0.3) is 5.91 Å². The summed E-state index contributed by atoms with van der Waals surface area (Å²) >= 11 is 0. The number of hydrogen-bond acceptors (Lipinski definition) is 4. The molecule has 6 heteroatoms. The molecule has 2 aromatic rings. The van der Waals surface area contributed by atoms with E-state index in [1.54, 1.807) is 24.3 Å². The number of nitrogens with zero attached hydrogens (tertiary/aromatic N) is 1. The van der Waals surface area contributed by atoms with Gasteiger partial charge in [-0.25, -0.2) is 0 Å². The third kappa shape index (κ3) is 3.03. The second-order valence-electron chi connectivity index (χ2n) is 5.81. The van der Waals surface area contributed by atoms with Crippen molar-refractivity contribution in [1.29, 1.82) is 0 Å². The first-order valence-electron chi connectivity index (χ1n) is 7.87. The Morgan fingerprint density at radius 2 is 1.68 bits per heavy atom. The number of ether oxygens (including phenoxy) is 2. The Balaban J connectivity index is 2.01. The van der Waals surface area contributed by atoms with E-state index in [0.29, 0.717) is 23.6 Å². The van der Waals surface area contributed by atoms with E-state index in [4.69, 9.17) is 9.47 Å². The minimum absolute atomic E-state index is 0.104. The monoisotopic (exact) mass is 341 g/mol. The molecule has 0 bridgehead atoms. The minimum Gasteiger partial charge on any atom is -0.496 e. The molecule has 0 radical (unpaired) electrons. The minimum atomic E-state index is -0.947. The van der Waals surface area contributed by atoms with Gasteiger partial charge in [-0.1, -0.05) is 30.3 Å². The molecule has 1 unspecified atom stereocenters. The van der Waals surface area contributed by atoms with E-state index in [0.717, 1.165) is 11.1 Å². The summed E-state index contributed by atoms with van der Waals surface area (Å²) in [5.41, 5.74) is 1.89. The number of rotatable bonds is 4. The van der Waals surface area contributed by atoms with Crippen LogP contribution in [0.25, 0.3) is 0 Å². The summed E-state index contributed by atoms with van der Waals surface area (Å²) in [7, 11) is 2.97. The van der Waals surface area contributed by atoms with Gasteiger partial charge in [0.15, 0.2) is 0 Å². The molecule has 0 fully saturated rings. The third-order valence-electron chi connectivity index (χ3n) is 4.42. The van der Waals surface area contributed by atoms with Gasteiger partial charge in [-0.2, -0.15) is 0 Å². The lowest BCUT2D eigenvalue weighted by molar-refractivity contribution is -0.139. The number of carboxylic acid groups (broad SMARTS) is 1. The number of carbonyl (C=O) groups excluding carboxylic acids is 1. The number of carbonyl (C=O) groups is 2. The summed E-state index contributed by atoms with van der Waals surface area (Å²) in [5.74, 6) is -1.22. The van der Waals surface area contributed by atoms with Crippen LogP contribution in [0.5, 0.6) is 11.5 Å². The van der Waals surface area contributed by atoms with Crippen LogP contribution in [0.4, 0.5) is 0 Å². The Morgan fingerprint density at radius 1 is 1.04 bits per heavy atom. The Hall–Kier alpha value is -3.02. The fourth-order valence-corrected chi connectivity index (χ4v) is 3.19. The van der Waals surface area contributed by atoms with Gasteiger partial charge in [0.2, 0.25) is 0 Å². The number of methoxy groups -OCH3 is 2. The summed E-state index contributed by atoms with van der Waals surface area (Å²) in [6.45, 7) is 0.451. The van der Waals surface area contributed by atoms with Crippen LogP contribution in [0.1, 0.15) is 27.4 Å². The molecule has 0 saturated heterocycles. The molecule has 0 aromatic heterocycles. The highest BCUT2D eigenvalue weighted by Gasteiger charge is 2.34. The van der Waals surface area contributed by atoms with E-state index in [-0.39, 0.29) is 12.5 Å². The number of benzene rings is 2. The van der Waals surface area contributed by atoms with Crippen LogP contribution in [0.3, 0.4) is 0 Å². The lowest BCUT2D eigenvalue weighted by atomic mass is 9.89. The van der Waals surface area contributed by atoms with Crippen LogP contribution >= 0.6 is 0 Å². The maximum atomic E-state index is 13.1. The van der Waals surface area contributed by atoms with Crippen molar-refractivity contribution < 1.29 is 24.2 Å². The number of amides is 1. The Kier molecular flexibility index (Phi) is 4.61. The van der Waals surface area contributed by atoms with E-state index in [1.807, 2.05) is 18.2 Å². The van der Waals surface area contributed by atoms with Crippen LogP contribution in [0, 0.1) is 0 Å². The van der Waals surface area contributed by atoms with E-state index >= 15 is 0 Å². The first-order chi connectivity index (χ1) is 12.1. The zero-order valence-electron chi connectivity index (χ0n) is 14.1. The standard InChI is InChI=1S/C19H19NO5/c1-24-15-8-5-9-16(25-2)17(15)18(21)20-10-12-6-3-4-7-13(12)14(11-20)19(22)23/h3-9,14H,10-11H2,1-2H3,(H,22,23). The second-order valence-corrected chi connectivity index (χ2v) is 5.81. The van der Waals surface area contributed by atoms with Gasteiger partial charge >= 0.3 is 5.97 Å². The molecule has 6 nitrogen and oxygen atoms in total. The zero-order chi connectivity index (χ0) is 18.0. The molecule has 1 atom stereocenters. The molecule has 3 rings (SSSR count). The first kappa shape index (κ1) is 16.8. The van der Waals surface area contributed by atoms with Crippen LogP contribution in [0.2, 0.25) is 0 Å². The second kappa shape index (κ2) is 6.84. The molecule has 1 heterocycles. The summed E-state index contributed by atoms with van der Waals surface area (Å²) in [6.07, 6.45) is 0. The molecule has 2 aromatic carbocycles. The van der Waals surface area contributed by atoms with Crippen molar-refractivity contribution in [3.8, 4) is 11.5 Å². The van der Waals surface area contributed by atoms with Crippen molar-refractivity contribution in [2.45, 2.75) is 12.5 Å². The van der Waals surface area contributed by atoms with Gasteiger partial charge in [0.05, 0.1) is 20.1 Å². The van der Waals surface area contributed by atoms with Gasteiger partial charge in [-0.3, -0.25) is 9.59 Å². The lowest BCUT2D eigenvalue weighted by Gasteiger charge is -2.33. The normalized spacial score (nSPS) is 16.1. The largest absolute Gasteiger partial charge is 0.496 e. The number of carboxylic acids is 1. The number of fused-ring (bicyclic) bond motifs is 1. The summed E-state index contributed by atoms with van der Waals surface area (Å²) in [5, 5.41) is 9.57. The van der Waals surface area contributed by atoms with E-state index in [9.17, 15) is 14.7 Å². The Bertz CT molecular complexity index is 795. The molecule has 0 spiro atoms. The molecule has 0 saturated carbocycles. The SMILES string of the molecule is COc1cccc(OC)c1C(=O)N1Cc2ccccc2C(C(=O)O)C1. The van der Waals surface area contributed by atoms with Crippen molar-refractivity contribution in [2.75, 3.05) is 20.8 Å². The van der Waals surface area contributed by atoms with E-state index in [1.165, 1.54) is 19.1 Å². The van der Waals surface area contributed by atoms with Crippen molar-refractivity contribution in [1.82, 2.24) is 4.90 Å². The molecule has 25 heavy (non-hydrogen) atoms. The molecule has 0 aliphatic carbocycles. The highest BCUT2D eigenvalue weighted by molar-refractivity contribution is 6.00. The Labute approximate surface area is 145 Å². The third-order valence-corrected chi connectivity index (χ3v) is 4.42. The zero-order valence-corrected chi connectivity index (χ0v) is 14.1. The maximum absolute atomic E-state index is 13.1. The summed E-state index contributed by atoms with van der Waals surface area (Å²) in [4.78, 5) is 26.3. The average molecular weight is 341 g/mol. The first-order valence-corrected chi connectivity index (χ1v) is 7.87. The fraction of sp³-hybridized carbons (Fsp3) is 0.263. The van der Waals surface area contributed by atoms with Crippen LogP contribution < -0.4 is 9.47 Å². The summed E-state index contributed by atoms with van der Waals surface area (Å²) in [6, 6.07) is 12.4. The highest BCUT2D eigenvalue weighted by Crippen LogP contribution is 2.34. The average Bonchev–Trinajstić information content (AvgIpc) is 2.65.